The number of hydrogen-bond donors (Lipinski definition) is 1. The summed E-state index contributed by atoms with van der Waals surface area (Å²) in [5.41, 5.74) is 0. The molecule has 1 unspecified atom stereocenters. The van der Waals surface area contributed by atoms with Gasteiger partial charge in [0, 0.05) is 20.2 Å². The lowest BCUT2D eigenvalue weighted by Crippen LogP contribution is -2.44. The molecule has 0 radical (unpaired) electrons. The number of carboxylic acid groups (broad SMARTS) is 1. The smallest absolute Gasteiger partial charge is 0.320 e. The highest BCUT2D eigenvalue weighted by Gasteiger charge is 2.25. The topological polar surface area (TPSA) is 49.8 Å². The molecule has 0 aromatic heterocycles. The fraction of sp³-hybridized carbons (Fsp3) is 0.923. The molecule has 4 heteroatoms. The zero-order valence-corrected chi connectivity index (χ0v) is 11.6. The number of rotatable bonds is 10. The summed E-state index contributed by atoms with van der Waals surface area (Å²) >= 11 is 0. The summed E-state index contributed by atoms with van der Waals surface area (Å²) in [7, 11) is 1.65. The Kier molecular flexibility index (Phi) is 9.09. The van der Waals surface area contributed by atoms with Crippen molar-refractivity contribution in [2.45, 2.75) is 46.1 Å². The van der Waals surface area contributed by atoms with E-state index in [1.165, 1.54) is 0 Å². The molecule has 0 saturated heterocycles. The van der Waals surface area contributed by atoms with Gasteiger partial charge in [-0.2, -0.15) is 0 Å². The molecular weight excluding hydrogens is 218 g/mol. The van der Waals surface area contributed by atoms with E-state index in [0.717, 1.165) is 25.8 Å². The fourth-order valence-corrected chi connectivity index (χ4v) is 1.91. The standard InChI is InChI=1S/C13H27NO3/c1-5-6-7-12(13(15)16)14(8-9-17-4)10-11(2)3/h11-12H,5-10H2,1-4H3,(H,15,16). The van der Waals surface area contributed by atoms with Gasteiger partial charge in [-0.15, -0.1) is 0 Å². The van der Waals surface area contributed by atoms with Crippen molar-refractivity contribution in [3.05, 3.63) is 0 Å². The van der Waals surface area contributed by atoms with Crippen LogP contribution in [0.3, 0.4) is 0 Å². The first kappa shape index (κ1) is 16.4. The largest absolute Gasteiger partial charge is 0.480 e. The van der Waals surface area contributed by atoms with Gasteiger partial charge in [-0.3, -0.25) is 9.69 Å². The summed E-state index contributed by atoms with van der Waals surface area (Å²) < 4.78 is 5.05. The summed E-state index contributed by atoms with van der Waals surface area (Å²) in [5, 5.41) is 9.30. The van der Waals surface area contributed by atoms with Crippen LogP contribution in [-0.4, -0.2) is 48.8 Å². The van der Waals surface area contributed by atoms with E-state index in [-0.39, 0.29) is 6.04 Å². The van der Waals surface area contributed by atoms with E-state index in [2.05, 4.69) is 20.8 Å². The maximum absolute atomic E-state index is 11.3. The first-order valence-corrected chi connectivity index (χ1v) is 6.48. The van der Waals surface area contributed by atoms with Crippen molar-refractivity contribution in [3.63, 3.8) is 0 Å². The van der Waals surface area contributed by atoms with Gasteiger partial charge in [-0.25, -0.2) is 0 Å². The van der Waals surface area contributed by atoms with Crippen LogP contribution in [0.25, 0.3) is 0 Å². The van der Waals surface area contributed by atoms with Crippen molar-refractivity contribution in [3.8, 4) is 0 Å². The van der Waals surface area contributed by atoms with Crippen molar-refractivity contribution >= 4 is 5.97 Å². The normalized spacial score (nSPS) is 13.3. The second-order valence-electron chi connectivity index (χ2n) is 4.88. The van der Waals surface area contributed by atoms with E-state index in [1.807, 2.05) is 4.90 Å². The van der Waals surface area contributed by atoms with Crippen LogP contribution in [0.4, 0.5) is 0 Å². The predicted octanol–water partition coefficient (Wildman–Crippen LogP) is 2.23. The molecule has 0 bridgehead atoms. The molecule has 102 valence electrons. The Morgan fingerprint density at radius 1 is 1.41 bits per heavy atom. The van der Waals surface area contributed by atoms with Crippen molar-refractivity contribution in [1.82, 2.24) is 4.90 Å². The van der Waals surface area contributed by atoms with Crippen LogP contribution < -0.4 is 0 Å². The number of carboxylic acids is 1. The molecule has 0 fully saturated rings. The molecule has 1 N–H and O–H groups in total. The summed E-state index contributed by atoms with van der Waals surface area (Å²) in [5.74, 6) is -0.245. The molecular formula is C13H27NO3. The first-order valence-electron chi connectivity index (χ1n) is 6.48. The highest BCUT2D eigenvalue weighted by atomic mass is 16.5. The minimum absolute atomic E-state index is 0.368. The minimum Gasteiger partial charge on any atom is -0.480 e. The maximum atomic E-state index is 11.3. The lowest BCUT2D eigenvalue weighted by atomic mass is 10.1. The van der Waals surface area contributed by atoms with Gasteiger partial charge in [0.25, 0.3) is 0 Å². The molecule has 4 nitrogen and oxygen atoms in total. The van der Waals surface area contributed by atoms with Crippen LogP contribution in [0.1, 0.15) is 40.0 Å². The monoisotopic (exact) mass is 245 g/mol. The van der Waals surface area contributed by atoms with Gasteiger partial charge in [0.15, 0.2) is 0 Å². The molecule has 17 heavy (non-hydrogen) atoms. The van der Waals surface area contributed by atoms with Gasteiger partial charge in [-0.1, -0.05) is 33.6 Å². The van der Waals surface area contributed by atoms with E-state index in [9.17, 15) is 9.90 Å². The summed E-state index contributed by atoms with van der Waals surface area (Å²) in [6.45, 7) is 8.39. The van der Waals surface area contributed by atoms with Crippen molar-refractivity contribution in [1.29, 1.82) is 0 Å². The van der Waals surface area contributed by atoms with Gasteiger partial charge >= 0.3 is 5.97 Å². The SMILES string of the molecule is CCCCC(C(=O)O)N(CCOC)CC(C)C. The Morgan fingerprint density at radius 3 is 2.47 bits per heavy atom. The van der Waals surface area contributed by atoms with Gasteiger partial charge < -0.3 is 9.84 Å². The van der Waals surface area contributed by atoms with E-state index in [0.29, 0.717) is 19.1 Å². The Labute approximate surface area is 105 Å². The highest BCUT2D eigenvalue weighted by Crippen LogP contribution is 2.12. The Morgan fingerprint density at radius 2 is 2.06 bits per heavy atom. The first-order chi connectivity index (χ1) is 8.02. The molecule has 0 spiro atoms. The fourth-order valence-electron chi connectivity index (χ4n) is 1.91. The third-order valence-corrected chi connectivity index (χ3v) is 2.74. The number of unbranched alkanes of at least 4 members (excludes halogenated alkanes) is 1. The number of ether oxygens (including phenoxy) is 1. The van der Waals surface area contributed by atoms with Crippen LogP contribution in [0, 0.1) is 5.92 Å². The van der Waals surface area contributed by atoms with Crippen molar-refractivity contribution in [2.24, 2.45) is 5.92 Å². The van der Waals surface area contributed by atoms with Gasteiger partial charge in [-0.05, 0) is 12.3 Å². The van der Waals surface area contributed by atoms with Crippen LogP contribution in [0.5, 0.6) is 0 Å². The maximum Gasteiger partial charge on any atom is 0.320 e. The third kappa shape index (κ3) is 7.34. The second-order valence-corrected chi connectivity index (χ2v) is 4.88. The van der Waals surface area contributed by atoms with Crippen LogP contribution in [-0.2, 0) is 9.53 Å². The van der Waals surface area contributed by atoms with Gasteiger partial charge in [0.2, 0.25) is 0 Å². The number of carbonyl (C=O) groups is 1. The number of methoxy groups -OCH3 is 1. The molecule has 0 aliphatic carbocycles. The highest BCUT2D eigenvalue weighted by molar-refractivity contribution is 5.73. The predicted molar refractivity (Wildman–Crippen MR) is 69.2 cm³/mol. The molecule has 0 rings (SSSR count). The number of nitrogens with zero attached hydrogens (tertiary/aromatic N) is 1. The zero-order chi connectivity index (χ0) is 13.3. The van der Waals surface area contributed by atoms with E-state index >= 15 is 0 Å². The molecule has 0 aliphatic rings. The summed E-state index contributed by atoms with van der Waals surface area (Å²) in [4.78, 5) is 13.3. The average Bonchev–Trinajstić information content (AvgIpc) is 2.24. The molecule has 0 aliphatic heterocycles. The summed E-state index contributed by atoms with van der Waals surface area (Å²) in [6.07, 6.45) is 2.71. The average molecular weight is 245 g/mol. The van der Waals surface area contributed by atoms with E-state index in [4.69, 9.17) is 4.74 Å². The zero-order valence-electron chi connectivity index (χ0n) is 11.6. The lowest BCUT2D eigenvalue weighted by molar-refractivity contribution is -0.144. The molecule has 0 aromatic carbocycles. The van der Waals surface area contributed by atoms with Crippen LogP contribution in [0.2, 0.25) is 0 Å². The molecule has 0 aromatic rings. The molecule has 0 amide bonds. The van der Waals surface area contributed by atoms with E-state index in [1.54, 1.807) is 7.11 Å². The molecule has 1 atom stereocenters. The van der Waals surface area contributed by atoms with Crippen LogP contribution in [0.15, 0.2) is 0 Å². The summed E-state index contributed by atoms with van der Waals surface area (Å²) in [6, 6.07) is -0.368. The molecule has 0 heterocycles. The van der Waals surface area contributed by atoms with E-state index < -0.39 is 5.97 Å². The quantitative estimate of drug-likeness (QED) is 0.641. The van der Waals surface area contributed by atoms with Gasteiger partial charge in [0.05, 0.1) is 6.61 Å². The van der Waals surface area contributed by atoms with Crippen molar-refractivity contribution < 1.29 is 14.6 Å². The minimum atomic E-state index is -0.713. The Bertz CT molecular complexity index is 207. The number of aliphatic carboxylic acids is 1. The molecule has 0 saturated carbocycles. The Balaban J connectivity index is 4.48. The number of hydrogen-bond acceptors (Lipinski definition) is 3. The second kappa shape index (κ2) is 9.42. The van der Waals surface area contributed by atoms with Crippen LogP contribution >= 0.6 is 0 Å². The van der Waals surface area contributed by atoms with Gasteiger partial charge in [0.1, 0.15) is 6.04 Å². The third-order valence-electron chi connectivity index (χ3n) is 2.74. The van der Waals surface area contributed by atoms with Crippen molar-refractivity contribution in [2.75, 3.05) is 26.8 Å². The lowest BCUT2D eigenvalue weighted by Gasteiger charge is -2.30. The Hall–Kier alpha value is -0.610.